The van der Waals surface area contributed by atoms with Crippen LogP contribution < -0.4 is 10.5 Å². The lowest BCUT2D eigenvalue weighted by Gasteiger charge is -2.23. The molecule has 15 heavy (non-hydrogen) atoms. The van der Waals surface area contributed by atoms with Crippen molar-refractivity contribution < 1.29 is 4.74 Å². The van der Waals surface area contributed by atoms with Gasteiger partial charge in [-0.15, -0.1) is 0 Å². The van der Waals surface area contributed by atoms with E-state index in [2.05, 4.69) is 13.8 Å². The SMILES string of the molecule is COc1ccc(Cl)cc1CC(C)(C)CN. The van der Waals surface area contributed by atoms with Crippen molar-refractivity contribution in [3.63, 3.8) is 0 Å². The first kappa shape index (κ1) is 12.3. The Labute approximate surface area is 96.4 Å². The summed E-state index contributed by atoms with van der Waals surface area (Å²) in [6, 6.07) is 5.67. The zero-order chi connectivity index (χ0) is 11.5. The highest BCUT2D eigenvalue weighted by molar-refractivity contribution is 6.30. The molecular weight excluding hydrogens is 210 g/mol. The van der Waals surface area contributed by atoms with E-state index < -0.39 is 0 Å². The molecule has 1 aromatic carbocycles. The van der Waals surface area contributed by atoms with Gasteiger partial charge < -0.3 is 10.5 Å². The summed E-state index contributed by atoms with van der Waals surface area (Å²) < 4.78 is 5.29. The summed E-state index contributed by atoms with van der Waals surface area (Å²) in [5.74, 6) is 0.876. The maximum atomic E-state index is 5.96. The maximum absolute atomic E-state index is 5.96. The Morgan fingerprint density at radius 2 is 2.07 bits per heavy atom. The van der Waals surface area contributed by atoms with Crippen LogP contribution in [0.3, 0.4) is 0 Å². The standard InChI is InChI=1S/C12H18ClNO/c1-12(2,8-14)7-9-6-10(13)4-5-11(9)15-3/h4-6H,7-8,14H2,1-3H3. The monoisotopic (exact) mass is 227 g/mol. The quantitative estimate of drug-likeness (QED) is 0.859. The van der Waals surface area contributed by atoms with Gasteiger partial charge in [0.2, 0.25) is 0 Å². The van der Waals surface area contributed by atoms with E-state index in [-0.39, 0.29) is 5.41 Å². The lowest BCUT2D eigenvalue weighted by molar-refractivity contribution is 0.359. The third kappa shape index (κ3) is 3.40. The van der Waals surface area contributed by atoms with Crippen LogP contribution in [-0.2, 0) is 6.42 Å². The Balaban J connectivity index is 2.97. The van der Waals surface area contributed by atoms with E-state index in [0.717, 1.165) is 22.8 Å². The van der Waals surface area contributed by atoms with Gasteiger partial charge in [0.25, 0.3) is 0 Å². The van der Waals surface area contributed by atoms with Crippen molar-refractivity contribution in [3.05, 3.63) is 28.8 Å². The highest BCUT2D eigenvalue weighted by atomic mass is 35.5. The summed E-state index contributed by atoms with van der Waals surface area (Å²) in [7, 11) is 1.67. The molecule has 0 atom stereocenters. The third-order valence-electron chi connectivity index (χ3n) is 2.46. The fourth-order valence-corrected chi connectivity index (χ4v) is 1.67. The van der Waals surface area contributed by atoms with E-state index in [1.165, 1.54) is 0 Å². The van der Waals surface area contributed by atoms with Gasteiger partial charge >= 0.3 is 0 Å². The first-order chi connectivity index (χ1) is 6.98. The van der Waals surface area contributed by atoms with Crippen molar-refractivity contribution in [1.29, 1.82) is 0 Å². The van der Waals surface area contributed by atoms with E-state index in [1.54, 1.807) is 7.11 Å². The number of benzene rings is 1. The number of ether oxygens (including phenoxy) is 1. The molecule has 3 heteroatoms. The minimum absolute atomic E-state index is 0.0674. The minimum Gasteiger partial charge on any atom is -0.496 e. The van der Waals surface area contributed by atoms with Crippen molar-refractivity contribution in [2.75, 3.05) is 13.7 Å². The summed E-state index contributed by atoms with van der Waals surface area (Å²) in [5.41, 5.74) is 6.89. The number of methoxy groups -OCH3 is 1. The van der Waals surface area contributed by atoms with Gasteiger partial charge in [-0.2, -0.15) is 0 Å². The average molecular weight is 228 g/mol. The van der Waals surface area contributed by atoms with E-state index in [1.807, 2.05) is 18.2 Å². The zero-order valence-electron chi connectivity index (χ0n) is 9.51. The van der Waals surface area contributed by atoms with Crippen molar-refractivity contribution in [1.82, 2.24) is 0 Å². The predicted octanol–water partition coefficient (Wildman–Crippen LogP) is 2.88. The van der Waals surface area contributed by atoms with Crippen molar-refractivity contribution in [2.24, 2.45) is 11.1 Å². The molecule has 84 valence electrons. The topological polar surface area (TPSA) is 35.2 Å². The summed E-state index contributed by atoms with van der Waals surface area (Å²) >= 11 is 5.96. The van der Waals surface area contributed by atoms with E-state index in [0.29, 0.717) is 6.54 Å². The molecule has 0 saturated heterocycles. The Hall–Kier alpha value is -0.730. The molecule has 0 fully saturated rings. The van der Waals surface area contributed by atoms with Crippen LogP contribution in [0.15, 0.2) is 18.2 Å². The van der Waals surface area contributed by atoms with Gasteiger partial charge in [-0.3, -0.25) is 0 Å². The van der Waals surface area contributed by atoms with Crippen LogP contribution in [0.4, 0.5) is 0 Å². The van der Waals surface area contributed by atoms with Crippen molar-refractivity contribution >= 4 is 11.6 Å². The molecule has 0 aliphatic heterocycles. The molecule has 0 radical (unpaired) electrons. The smallest absolute Gasteiger partial charge is 0.122 e. The summed E-state index contributed by atoms with van der Waals surface area (Å²) in [6.07, 6.45) is 0.868. The third-order valence-corrected chi connectivity index (χ3v) is 2.70. The molecular formula is C12H18ClNO. The van der Waals surface area contributed by atoms with Crippen LogP contribution >= 0.6 is 11.6 Å². The minimum atomic E-state index is 0.0674. The second-order valence-corrected chi connectivity index (χ2v) is 4.94. The van der Waals surface area contributed by atoms with Crippen LogP contribution in [0.25, 0.3) is 0 Å². The molecule has 0 aromatic heterocycles. The van der Waals surface area contributed by atoms with Gasteiger partial charge in [-0.05, 0) is 42.1 Å². The fourth-order valence-electron chi connectivity index (χ4n) is 1.47. The fraction of sp³-hybridized carbons (Fsp3) is 0.500. The highest BCUT2D eigenvalue weighted by Crippen LogP contribution is 2.29. The molecule has 2 nitrogen and oxygen atoms in total. The van der Waals surface area contributed by atoms with Crippen LogP contribution in [0, 0.1) is 5.41 Å². The van der Waals surface area contributed by atoms with Crippen LogP contribution in [0.5, 0.6) is 5.75 Å². The summed E-state index contributed by atoms with van der Waals surface area (Å²) in [5, 5.41) is 0.735. The molecule has 0 aliphatic carbocycles. The summed E-state index contributed by atoms with van der Waals surface area (Å²) in [6.45, 7) is 4.91. The number of nitrogens with two attached hydrogens (primary N) is 1. The Morgan fingerprint density at radius 1 is 1.40 bits per heavy atom. The average Bonchev–Trinajstić information content (AvgIpc) is 2.18. The molecule has 0 amide bonds. The first-order valence-electron chi connectivity index (χ1n) is 5.01. The van der Waals surface area contributed by atoms with Gasteiger partial charge in [0.05, 0.1) is 7.11 Å². The molecule has 0 unspecified atom stereocenters. The van der Waals surface area contributed by atoms with Gasteiger partial charge in [0.15, 0.2) is 0 Å². The molecule has 2 N–H and O–H groups in total. The lowest BCUT2D eigenvalue weighted by Crippen LogP contribution is -2.26. The van der Waals surface area contributed by atoms with E-state index in [9.17, 15) is 0 Å². The first-order valence-corrected chi connectivity index (χ1v) is 5.39. The molecule has 1 rings (SSSR count). The second kappa shape index (κ2) is 4.86. The zero-order valence-corrected chi connectivity index (χ0v) is 10.3. The Morgan fingerprint density at radius 3 is 2.60 bits per heavy atom. The summed E-state index contributed by atoms with van der Waals surface area (Å²) in [4.78, 5) is 0. The number of halogens is 1. The normalized spacial score (nSPS) is 11.5. The number of rotatable bonds is 4. The molecule has 0 spiro atoms. The molecule has 0 aliphatic rings. The van der Waals surface area contributed by atoms with Gasteiger partial charge in [0, 0.05) is 5.02 Å². The molecule has 0 heterocycles. The largest absolute Gasteiger partial charge is 0.496 e. The highest BCUT2D eigenvalue weighted by Gasteiger charge is 2.18. The van der Waals surface area contributed by atoms with Crippen molar-refractivity contribution in [3.8, 4) is 5.75 Å². The molecule has 1 aromatic rings. The molecule has 0 bridgehead atoms. The maximum Gasteiger partial charge on any atom is 0.122 e. The van der Waals surface area contributed by atoms with Crippen LogP contribution in [0.1, 0.15) is 19.4 Å². The number of hydrogen-bond donors (Lipinski definition) is 1. The van der Waals surface area contributed by atoms with Gasteiger partial charge in [0.1, 0.15) is 5.75 Å². The van der Waals surface area contributed by atoms with Crippen LogP contribution in [0.2, 0.25) is 5.02 Å². The van der Waals surface area contributed by atoms with E-state index in [4.69, 9.17) is 22.1 Å². The lowest BCUT2D eigenvalue weighted by atomic mass is 9.85. The van der Waals surface area contributed by atoms with Crippen molar-refractivity contribution in [2.45, 2.75) is 20.3 Å². The second-order valence-electron chi connectivity index (χ2n) is 4.50. The Kier molecular flexibility index (Phi) is 4.00. The van der Waals surface area contributed by atoms with Crippen LogP contribution in [-0.4, -0.2) is 13.7 Å². The Bertz CT molecular complexity index is 336. The number of hydrogen-bond acceptors (Lipinski definition) is 2. The van der Waals surface area contributed by atoms with E-state index >= 15 is 0 Å². The molecule has 0 saturated carbocycles. The predicted molar refractivity (Wildman–Crippen MR) is 64.5 cm³/mol. The van der Waals surface area contributed by atoms with Gasteiger partial charge in [-0.25, -0.2) is 0 Å². The van der Waals surface area contributed by atoms with Gasteiger partial charge in [-0.1, -0.05) is 25.4 Å².